The standard InChI is InChI=1S/C16H17N7/c1-11-17-3-2-14(20-11)22-9-12-8-13(10-22)23(12)16-15-18-4-6-21(15)7-5-19-16/h2-7,12-13H,8-10H2,1H3. The third-order valence-corrected chi connectivity index (χ3v) is 4.82. The number of hydrogen-bond acceptors (Lipinski definition) is 6. The Morgan fingerprint density at radius 2 is 1.78 bits per heavy atom. The van der Waals surface area contributed by atoms with Crippen LogP contribution in [0.15, 0.2) is 37.1 Å². The first kappa shape index (κ1) is 12.8. The molecule has 0 aromatic carbocycles. The maximum atomic E-state index is 4.59. The summed E-state index contributed by atoms with van der Waals surface area (Å²) in [4.78, 5) is 22.6. The van der Waals surface area contributed by atoms with Crippen LogP contribution in [-0.2, 0) is 0 Å². The minimum atomic E-state index is 0.472. The van der Waals surface area contributed by atoms with Gasteiger partial charge in [0.05, 0.1) is 12.1 Å². The van der Waals surface area contributed by atoms with E-state index >= 15 is 0 Å². The number of imidazole rings is 1. The SMILES string of the molecule is Cc1nccc(N2CC3CC(C2)N3c2nccn3ccnc23)n1. The highest BCUT2D eigenvalue weighted by molar-refractivity contribution is 5.67. The molecular formula is C16H17N7. The van der Waals surface area contributed by atoms with Crippen LogP contribution < -0.4 is 9.80 Å². The van der Waals surface area contributed by atoms with E-state index in [1.54, 1.807) is 0 Å². The van der Waals surface area contributed by atoms with E-state index < -0.39 is 0 Å². The van der Waals surface area contributed by atoms with E-state index in [4.69, 9.17) is 0 Å². The van der Waals surface area contributed by atoms with Crippen molar-refractivity contribution >= 4 is 17.3 Å². The predicted molar refractivity (Wildman–Crippen MR) is 86.6 cm³/mol. The second-order valence-electron chi connectivity index (χ2n) is 6.23. The number of hydrogen-bond donors (Lipinski definition) is 0. The van der Waals surface area contributed by atoms with Crippen LogP contribution in [0.3, 0.4) is 0 Å². The van der Waals surface area contributed by atoms with Gasteiger partial charge in [0.15, 0.2) is 11.5 Å². The molecule has 0 N–H and O–H groups in total. The molecule has 3 aliphatic heterocycles. The monoisotopic (exact) mass is 307 g/mol. The molecule has 116 valence electrons. The van der Waals surface area contributed by atoms with Crippen molar-refractivity contribution in [1.82, 2.24) is 24.3 Å². The van der Waals surface area contributed by atoms with Gasteiger partial charge < -0.3 is 14.2 Å². The summed E-state index contributed by atoms with van der Waals surface area (Å²) >= 11 is 0. The van der Waals surface area contributed by atoms with Gasteiger partial charge in [0.2, 0.25) is 0 Å². The molecule has 0 spiro atoms. The van der Waals surface area contributed by atoms with E-state index in [2.05, 4.69) is 29.7 Å². The Morgan fingerprint density at radius 1 is 1.00 bits per heavy atom. The average Bonchev–Trinajstić information content (AvgIpc) is 3.04. The minimum absolute atomic E-state index is 0.472. The summed E-state index contributed by atoms with van der Waals surface area (Å²) in [6.45, 7) is 3.87. The Labute approximate surface area is 133 Å². The van der Waals surface area contributed by atoms with Gasteiger partial charge in [-0.3, -0.25) is 0 Å². The smallest absolute Gasteiger partial charge is 0.180 e. The Hall–Kier alpha value is -2.70. The first-order valence-electron chi connectivity index (χ1n) is 7.90. The topological polar surface area (TPSA) is 62.5 Å². The van der Waals surface area contributed by atoms with Crippen molar-refractivity contribution in [3.8, 4) is 0 Å². The Bertz CT molecular complexity index is 862. The number of nitrogens with zero attached hydrogens (tertiary/aromatic N) is 7. The summed E-state index contributed by atoms with van der Waals surface area (Å²) in [6, 6.07) is 2.94. The van der Waals surface area contributed by atoms with Crippen LogP contribution in [0, 0.1) is 6.92 Å². The lowest BCUT2D eigenvalue weighted by atomic mass is 9.87. The van der Waals surface area contributed by atoms with Crippen molar-refractivity contribution in [1.29, 1.82) is 0 Å². The number of aromatic nitrogens is 5. The predicted octanol–water partition coefficient (Wildman–Crippen LogP) is 1.30. The largest absolute Gasteiger partial charge is 0.352 e. The fourth-order valence-corrected chi connectivity index (χ4v) is 3.78. The molecule has 23 heavy (non-hydrogen) atoms. The zero-order chi connectivity index (χ0) is 15.4. The lowest BCUT2D eigenvalue weighted by molar-refractivity contribution is 0.288. The highest BCUT2D eigenvalue weighted by atomic mass is 15.4. The van der Waals surface area contributed by atoms with E-state index in [-0.39, 0.29) is 0 Å². The summed E-state index contributed by atoms with van der Waals surface area (Å²) in [6.07, 6.45) is 10.6. The van der Waals surface area contributed by atoms with Crippen LogP contribution >= 0.6 is 0 Å². The van der Waals surface area contributed by atoms with Crippen LogP contribution in [0.2, 0.25) is 0 Å². The molecule has 0 radical (unpaired) electrons. The van der Waals surface area contributed by atoms with Crippen LogP contribution in [0.25, 0.3) is 5.65 Å². The van der Waals surface area contributed by atoms with Crippen molar-refractivity contribution in [2.24, 2.45) is 0 Å². The van der Waals surface area contributed by atoms with Crippen LogP contribution in [0.5, 0.6) is 0 Å². The second-order valence-corrected chi connectivity index (χ2v) is 6.23. The van der Waals surface area contributed by atoms with E-state index in [9.17, 15) is 0 Å². The number of aryl methyl sites for hydroxylation is 1. The van der Waals surface area contributed by atoms with Gasteiger partial charge in [-0.05, 0) is 19.4 Å². The molecule has 6 heterocycles. The van der Waals surface area contributed by atoms with Gasteiger partial charge in [-0.2, -0.15) is 0 Å². The number of piperidine rings is 1. The molecular weight excluding hydrogens is 290 g/mol. The van der Waals surface area contributed by atoms with Crippen LogP contribution in [-0.4, -0.2) is 49.5 Å². The molecule has 3 aromatic rings. The molecule has 6 rings (SSSR count). The van der Waals surface area contributed by atoms with Crippen molar-refractivity contribution in [2.45, 2.75) is 25.4 Å². The Morgan fingerprint density at radius 3 is 2.57 bits per heavy atom. The van der Waals surface area contributed by atoms with E-state index in [0.717, 1.165) is 36.2 Å². The molecule has 3 fully saturated rings. The van der Waals surface area contributed by atoms with Crippen molar-refractivity contribution in [3.63, 3.8) is 0 Å². The van der Waals surface area contributed by atoms with Crippen LogP contribution in [0.4, 0.5) is 11.6 Å². The quantitative estimate of drug-likeness (QED) is 0.711. The zero-order valence-corrected chi connectivity index (χ0v) is 12.9. The summed E-state index contributed by atoms with van der Waals surface area (Å²) in [5, 5.41) is 0. The van der Waals surface area contributed by atoms with Gasteiger partial charge in [-0.1, -0.05) is 0 Å². The highest BCUT2D eigenvalue weighted by Crippen LogP contribution is 2.38. The fourth-order valence-electron chi connectivity index (χ4n) is 3.78. The zero-order valence-electron chi connectivity index (χ0n) is 12.9. The van der Waals surface area contributed by atoms with E-state index in [0.29, 0.717) is 12.1 Å². The van der Waals surface area contributed by atoms with Gasteiger partial charge in [-0.25, -0.2) is 19.9 Å². The molecule has 0 saturated carbocycles. The summed E-state index contributed by atoms with van der Waals surface area (Å²) < 4.78 is 2.03. The molecule has 3 aromatic heterocycles. The number of anilines is 2. The molecule has 2 bridgehead atoms. The average molecular weight is 307 g/mol. The Kier molecular flexibility index (Phi) is 2.59. The normalized spacial score (nSPS) is 23.2. The van der Waals surface area contributed by atoms with Crippen molar-refractivity contribution < 1.29 is 0 Å². The third kappa shape index (κ3) is 1.89. The third-order valence-electron chi connectivity index (χ3n) is 4.82. The summed E-state index contributed by atoms with van der Waals surface area (Å²) in [5.74, 6) is 2.85. The van der Waals surface area contributed by atoms with E-state index in [1.165, 1.54) is 6.42 Å². The van der Waals surface area contributed by atoms with Gasteiger partial charge in [0, 0.05) is 44.1 Å². The lowest BCUT2D eigenvalue weighted by Gasteiger charge is -2.57. The van der Waals surface area contributed by atoms with Gasteiger partial charge in [0.25, 0.3) is 0 Å². The van der Waals surface area contributed by atoms with Crippen molar-refractivity contribution in [2.75, 3.05) is 22.9 Å². The number of rotatable bonds is 2. The number of piperazine rings is 1. The molecule has 3 saturated heterocycles. The first-order chi connectivity index (χ1) is 11.3. The maximum absolute atomic E-state index is 4.59. The molecule has 0 aliphatic carbocycles. The molecule has 2 atom stereocenters. The highest BCUT2D eigenvalue weighted by Gasteiger charge is 2.46. The van der Waals surface area contributed by atoms with Gasteiger partial charge >= 0.3 is 0 Å². The van der Waals surface area contributed by atoms with Crippen molar-refractivity contribution in [3.05, 3.63) is 42.9 Å². The number of fused-ring (bicyclic) bond motifs is 3. The van der Waals surface area contributed by atoms with E-state index in [1.807, 2.05) is 48.4 Å². The molecule has 7 heteroatoms. The molecule has 2 unspecified atom stereocenters. The second kappa shape index (κ2) is 4.65. The Balaban J connectivity index is 1.44. The van der Waals surface area contributed by atoms with Gasteiger partial charge in [0.1, 0.15) is 11.6 Å². The minimum Gasteiger partial charge on any atom is -0.352 e. The fraction of sp³-hybridized carbons (Fsp3) is 0.375. The van der Waals surface area contributed by atoms with Crippen LogP contribution in [0.1, 0.15) is 12.2 Å². The molecule has 7 nitrogen and oxygen atoms in total. The maximum Gasteiger partial charge on any atom is 0.180 e. The molecule has 0 amide bonds. The lowest BCUT2D eigenvalue weighted by Crippen LogP contribution is -2.69. The van der Waals surface area contributed by atoms with Gasteiger partial charge in [-0.15, -0.1) is 0 Å². The first-order valence-corrected chi connectivity index (χ1v) is 7.90. The molecule has 3 aliphatic rings. The summed E-state index contributed by atoms with van der Waals surface area (Å²) in [5.41, 5.74) is 0.938. The summed E-state index contributed by atoms with van der Waals surface area (Å²) in [7, 11) is 0.